The number of hydrogen-bond acceptors (Lipinski definition) is 4. The molecule has 0 saturated carbocycles. The number of benzene rings is 2. The quantitative estimate of drug-likeness (QED) is 0.678. The Kier molecular flexibility index (Phi) is 4.15. The molecule has 1 aliphatic rings. The lowest BCUT2D eigenvalue weighted by Gasteiger charge is -2.23. The Labute approximate surface area is 166 Å². The fourth-order valence-corrected chi connectivity index (χ4v) is 3.63. The first-order valence-corrected chi connectivity index (χ1v) is 9.12. The van der Waals surface area contributed by atoms with Crippen LogP contribution in [0, 0.1) is 0 Å². The number of amides is 3. The summed E-state index contributed by atoms with van der Waals surface area (Å²) in [5.41, 5.74) is -1.30. The normalized spacial score (nSPS) is 19.1. The minimum absolute atomic E-state index is 0.171. The molecule has 0 radical (unpaired) electrons. The van der Waals surface area contributed by atoms with Gasteiger partial charge in [-0.15, -0.1) is 0 Å². The number of urea groups is 1. The largest absolute Gasteiger partial charge is 0.330 e. The average Bonchev–Trinajstić information content (AvgIpc) is 2.93. The lowest BCUT2D eigenvalue weighted by molar-refractivity contribution is -0.131. The van der Waals surface area contributed by atoms with E-state index in [9.17, 15) is 19.2 Å². The first kappa shape index (κ1) is 18.7. The third-order valence-electron chi connectivity index (χ3n) is 5.55. The van der Waals surface area contributed by atoms with E-state index in [0.717, 1.165) is 20.2 Å². The third-order valence-corrected chi connectivity index (χ3v) is 5.55. The highest BCUT2D eigenvalue weighted by atomic mass is 16.2. The molecule has 1 saturated heterocycles. The molecule has 3 amide bonds. The van der Waals surface area contributed by atoms with E-state index in [2.05, 4.69) is 5.32 Å². The zero-order valence-electron chi connectivity index (χ0n) is 16.3. The van der Waals surface area contributed by atoms with Crippen LogP contribution >= 0.6 is 0 Å². The minimum Gasteiger partial charge on any atom is -0.319 e. The number of imide groups is 1. The lowest BCUT2D eigenvalue weighted by atomic mass is 9.90. The monoisotopic (exact) mass is 392 g/mol. The van der Waals surface area contributed by atoms with Crippen molar-refractivity contribution in [2.45, 2.75) is 19.0 Å². The Hall–Kier alpha value is -3.68. The van der Waals surface area contributed by atoms with Crippen molar-refractivity contribution in [2.24, 2.45) is 14.1 Å². The molecule has 29 heavy (non-hydrogen) atoms. The van der Waals surface area contributed by atoms with Crippen molar-refractivity contribution in [1.82, 2.24) is 19.4 Å². The molecule has 0 spiro atoms. The fourth-order valence-electron chi connectivity index (χ4n) is 3.63. The van der Waals surface area contributed by atoms with E-state index in [0.29, 0.717) is 5.56 Å². The minimum atomic E-state index is -1.24. The Bertz CT molecular complexity index is 1290. The fraction of sp³-hybridized carbons (Fsp3) is 0.238. The molecular weight excluding hydrogens is 372 g/mol. The van der Waals surface area contributed by atoms with Crippen LogP contribution in [0.1, 0.15) is 18.2 Å². The van der Waals surface area contributed by atoms with Gasteiger partial charge in [0.05, 0.1) is 6.54 Å². The number of hydrogen-bond donors (Lipinski definition) is 1. The standard InChI is InChI=1S/C21H20N4O4/c1-21(15-9-8-13-6-4-5-7-14(13)10-15)18(27)25(19(28)22-21)12-16-11-17(26)24(3)20(29)23(16)2/h4-11H,12H2,1-3H3,(H,22,28). The van der Waals surface area contributed by atoms with Crippen LogP contribution in [0.15, 0.2) is 58.1 Å². The van der Waals surface area contributed by atoms with Crippen molar-refractivity contribution in [3.05, 3.63) is 80.6 Å². The zero-order valence-corrected chi connectivity index (χ0v) is 16.3. The van der Waals surface area contributed by atoms with Crippen molar-refractivity contribution in [3.8, 4) is 0 Å². The molecule has 1 aromatic heterocycles. The van der Waals surface area contributed by atoms with Gasteiger partial charge in [0.2, 0.25) is 0 Å². The third kappa shape index (κ3) is 2.84. The van der Waals surface area contributed by atoms with Crippen molar-refractivity contribution in [2.75, 3.05) is 0 Å². The number of aromatic nitrogens is 2. The summed E-state index contributed by atoms with van der Waals surface area (Å²) in [5, 5.41) is 4.75. The lowest BCUT2D eigenvalue weighted by Crippen LogP contribution is -2.42. The highest BCUT2D eigenvalue weighted by molar-refractivity contribution is 6.07. The van der Waals surface area contributed by atoms with Crippen molar-refractivity contribution in [1.29, 1.82) is 0 Å². The van der Waals surface area contributed by atoms with E-state index in [-0.39, 0.29) is 12.2 Å². The molecule has 3 aromatic rings. The maximum atomic E-state index is 13.2. The molecule has 8 heteroatoms. The van der Waals surface area contributed by atoms with Gasteiger partial charge in [-0.05, 0) is 29.3 Å². The Balaban J connectivity index is 1.72. The molecule has 4 rings (SSSR count). The second-order valence-corrected chi connectivity index (χ2v) is 7.38. The molecule has 1 atom stereocenters. The van der Waals surface area contributed by atoms with Gasteiger partial charge in [0.15, 0.2) is 0 Å². The molecule has 1 unspecified atom stereocenters. The Morgan fingerprint density at radius 2 is 1.59 bits per heavy atom. The Morgan fingerprint density at radius 3 is 2.31 bits per heavy atom. The van der Waals surface area contributed by atoms with Crippen molar-refractivity contribution >= 4 is 22.7 Å². The molecular formula is C21H20N4O4. The molecule has 1 fully saturated rings. The second-order valence-electron chi connectivity index (χ2n) is 7.38. The van der Waals surface area contributed by atoms with E-state index in [4.69, 9.17) is 0 Å². The van der Waals surface area contributed by atoms with E-state index < -0.39 is 28.7 Å². The Morgan fingerprint density at radius 1 is 0.897 bits per heavy atom. The van der Waals surface area contributed by atoms with E-state index >= 15 is 0 Å². The summed E-state index contributed by atoms with van der Waals surface area (Å²) in [5.74, 6) is -0.439. The first-order valence-electron chi connectivity index (χ1n) is 9.12. The first-order chi connectivity index (χ1) is 13.7. The molecule has 148 valence electrons. The summed E-state index contributed by atoms with van der Waals surface area (Å²) in [6.07, 6.45) is 0. The maximum absolute atomic E-state index is 13.2. The highest BCUT2D eigenvalue weighted by Crippen LogP contribution is 2.31. The van der Waals surface area contributed by atoms with Crippen LogP contribution in [0.25, 0.3) is 10.8 Å². The van der Waals surface area contributed by atoms with Gasteiger partial charge < -0.3 is 5.32 Å². The number of carbonyl (C=O) groups is 2. The smallest absolute Gasteiger partial charge is 0.319 e. The summed E-state index contributed by atoms with van der Waals surface area (Å²) in [7, 11) is 2.87. The van der Waals surface area contributed by atoms with Gasteiger partial charge in [-0.2, -0.15) is 0 Å². The van der Waals surface area contributed by atoms with Gasteiger partial charge >= 0.3 is 11.7 Å². The van der Waals surface area contributed by atoms with Gasteiger partial charge in [-0.1, -0.05) is 36.4 Å². The van der Waals surface area contributed by atoms with Gasteiger partial charge in [0, 0.05) is 25.9 Å². The number of rotatable bonds is 3. The summed E-state index contributed by atoms with van der Waals surface area (Å²) in [4.78, 5) is 51.0. The SMILES string of the molecule is Cn1c(CN2C(=O)NC(C)(c3ccc4ccccc4c3)C2=O)cc(=O)n(C)c1=O. The van der Waals surface area contributed by atoms with Gasteiger partial charge in [-0.25, -0.2) is 9.59 Å². The molecule has 2 heterocycles. The number of carbonyl (C=O) groups excluding carboxylic acids is 2. The van der Waals surface area contributed by atoms with Gasteiger partial charge in [-0.3, -0.25) is 23.6 Å². The van der Waals surface area contributed by atoms with Crippen LogP contribution in [0.3, 0.4) is 0 Å². The average molecular weight is 392 g/mol. The highest BCUT2D eigenvalue weighted by Gasteiger charge is 2.49. The van der Waals surface area contributed by atoms with E-state index in [1.54, 1.807) is 6.92 Å². The van der Waals surface area contributed by atoms with Crippen LogP contribution in [0.2, 0.25) is 0 Å². The second kappa shape index (κ2) is 6.44. The van der Waals surface area contributed by atoms with Crippen LogP contribution in [0.5, 0.6) is 0 Å². The molecule has 0 aliphatic carbocycles. The van der Waals surface area contributed by atoms with E-state index in [1.807, 2.05) is 42.5 Å². The zero-order chi connectivity index (χ0) is 20.9. The van der Waals surface area contributed by atoms with Crippen LogP contribution < -0.4 is 16.6 Å². The summed E-state index contributed by atoms with van der Waals surface area (Å²) < 4.78 is 2.22. The van der Waals surface area contributed by atoms with Gasteiger partial charge in [0.1, 0.15) is 5.54 Å². The van der Waals surface area contributed by atoms with Crippen molar-refractivity contribution in [3.63, 3.8) is 0 Å². The van der Waals surface area contributed by atoms with Crippen LogP contribution in [-0.2, 0) is 31.0 Å². The topological polar surface area (TPSA) is 93.4 Å². The molecule has 0 bridgehead atoms. The van der Waals surface area contributed by atoms with E-state index in [1.165, 1.54) is 24.7 Å². The summed E-state index contributed by atoms with van der Waals surface area (Å²) in [6, 6.07) is 14.0. The predicted octanol–water partition coefficient (Wildman–Crippen LogP) is 1.20. The maximum Gasteiger partial charge on any atom is 0.330 e. The molecule has 1 aliphatic heterocycles. The molecule has 2 aromatic carbocycles. The number of nitrogens with zero attached hydrogens (tertiary/aromatic N) is 3. The van der Waals surface area contributed by atoms with Crippen LogP contribution in [-0.4, -0.2) is 26.0 Å². The molecule has 8 nitrogen and oxygen atoms in total. The summed E-state index contributed by atoms with van der Waals surface area (Å²) in [6.45, 7) is 1.48. The summed E-state index contributed by atoms with van der Waals surface area (Å²) >= 11 is 0. The molecule has 1 N–H and O–H groups in total. The van der Waals surface area contributed by atoms with Crippen LogP contribution in [0.4, 0.5) is 4.79 Å². The van der Waals surface area contributed by atoms with Crippen molar-refractivity contribution < 1.29 is 9.59 Å². The van der Waals surface area contributed by atoms with Gasteiger partial charge in [0.25, 0.3) is 11.5 Å². The number of nitrogens with one attached hydrogen (secondary N) is 1. The predicted molar refractivity (Wildman–Crippen MR) is 107 cm³/mol. The number of fused-ring (bicyclic) bond motifs is 1.